The summed E-state index contributed by atoms with van der Waals surface area (Å²) in [5.41, 5.74) is 0.497. The molecule has 1 N–H and O–H groups in total. The number of imide groups is 1. The van der Waals surface area contributed by atoms with Gasteiger partial charge in [-0.2, -0.15) is 5.26 Å². The fourth-order valence-corrected chi connectivity index (χ4v) is 2.79. The summed E-state index contributed by atoms with van der Waals surface area (Å²) in [5.74, 6) is -2.44. The molecular weight excluding hydrogens is 350 g/mol. The van der Waals surface area contributed by atoms with E-state index in [-0.39, 0.29) is 36.4 Å². The standard InChI is InChI=1S/C19H21N3O5/c1-12(2)10-15(19(26)27-11-16(23)21-9-5-8-20)22-17(24)13-6-3-4-7-14(13)18(22)25/h3-4,6-7,12,15H,5,9-11H2,1-2H3,(H,21,23)/t15-/m1/s1. The fourth-order valence-electron chi connectivity index (χ4n) is 2.79. The van der Waals surface area contributed by atoms with Crippen molar-refractivity contribution in [2.24, 2.45) is 5.92 Å². The van der Waals surface area contributed by atoms with Gasteiger partial charge >= 0.3 is 5.97 Å². The molecule has 0 radical (unpaired) electrons. The first kappa shape index (κ1) is 20.1. The summed E-state index contributed by atoms with van der Waals surface area (Å²) < 4.78 is 5.03. The molecule has 0 aliphatic carbocycles. The molecule has 1 atom stereocenters. The molecule has 0 fully saturated rings. The number of benzene rings is 1. The van der Waals surface area contributed by atoms with Gasteiger partial charge in [0.25, 0.3) is 17.7 Å². The Morgan fingerprint density at radius 3 is 2.30 bits per heavy atom. The van der Waals surface area contributed by atoms with Gasteiger partial charge in [-0.3, -0.25) is 19.3 Å². The van der Waals surface area contributed by atoms with Crippen molar-refractivity contribution < 1.29 is 23.9 Å². The Balaban J connectivity index is 2.11. The highest BCUT2D eigenvalue weighted by molar-refractivity contribution is 6.22. The SMILES string of the molecule is CC(C)C[C@H](C(=O)OCC(=O)NCCC#N)N1C(=O)c2ccccc2C1=O. The molecule has 0 spiro atoms. The normalized spacial score (nSPS) is 13.9. The van der Waals surface area contributed by atoms with E-state index in [1.807, 2.05) is 19.9 Å². The van der Waals surface area contributed by atoms with E-state index >= 15 is 0 Å². The molecule has 1 aromatic carbocycles. The van der Waals surface area contributed by atoms with Crippen molar-refractivity contribution in [1.29, 1.82) is 5.26 Å². The monoisotopic (exact) mass is 371 g/mol. The summed E-state index contributed by atoms with van der Waals surface area (Å²) in [6.07, 6.45) is 0.366. The molecule has 27 heavy (non-hydrogen) atoms. The number of ether oxygens (including phenoxy) is 1. The molecule has 0 aromatic heterocycles. The molecule has 8 nitrogen and oxygen atoms in total. The van der Waals surface area contributed by atoms with Crippen molar-refractivity contribution in [2.75, 3.05) is 13.2 Å². The van der Waals surface area contributed by atoms with E-state index < -0.39 is 36.3 Å². The summed E-state index contributed by atoms with van der Waals surface area (Å²) in [6, 6.07) is 7.14. The predicted octanol–water partition coefficient (Wildman–Crippen LogP) is 1.27. The molecule has 2 rings (SSSR count). The summed E-state index contributed by atoms with van der Waals surface area (Å²) in [6.45, 7) is 3.32. The lowest BCUT2D eigenvalue weighted by Crippen LogP contribution is -2.47. The largest absolute Gasteiger partial charge is 0.454 e. The highest BCUT2D eigenvalue weighted by Crippen LogP contribution is 2.27. The van der Waals surface area contributed by atoms with Crippen LogP contribution in [0.5, 0.6) is 0 Å². The van der Waals surface area contributed by atoms with Crippen LogP contribution < -0.4 is 5.32 Å². The van der Waals surface area contributed by atoms with E-state index in [1.165, 1.54) is 12.1 Å². The number of nitrogens with zero attached hydrogens (tertiary/aromatic N) is 2. The second-order valence-electron chi connectivity index (χ2n) is 6.54. The van der Waals surface area contributed by atoms with Gasteiger partial charge in [0.2, 0.25) is 0 Å². The van der Waals surface area contributed by atoms with Crippen LogP contribution in [-0.4, -0.2) is 47.8 Å². The number of fused-ring (bicyclic) bond motifs is 1. The number of rotatable bonds is 8. The zero-order valence-electron chi connectivity index (χ0n) is 15.2. The van der Waals surface area contributed by atoms with Crippen LogP contribution in [0.3, 0.4) is 0 Å². The highest BCUT2D eigenvalue weighted by Gasteiger charge is 2.43. The molecule has 3 amide bonds. The van der Waals surface area contributed by atoms with Crippen LogP contribution in [0.15, 0.2) is 24.3 Å². The topological polar surface area (TPSA) is 117 Å². The Morgan fingerprint density at radius 1 is 1.19 bits per heavy atom. The lowest BCUT2D eigenvalue weighted by atomic mass is 10.0. The highest BCUT2D eigenvalue weighted by atomic mass is 16.5. The van der Waals surface area contributed by atoms with Crippen LogP contribution >= 0.6 is 0 Å². The van der Waals surface area contributed by atoms with Gasteiger partial charge in [0.1, 0.15) is 6.04 Å². The Bertz CT molecular complexity index is 762. The van der Waals surface area contributed by atoms with Crippen LogP contribution in [0, 0.1) is 17.2 Å². The van der Waals surface area contributed by atoms with E-state index in [0.717, 1.165) is 4.90 Å². The van der Waals surface area contributed by atoms with E-state index in [2.05, 4.69) is 5.32 Å². The molecule has 1 aliphatic rings. The van der Waals surface area contributed by atoms with Crippen molar-refractivity contribution in [1.82, 2.24) is 10.2 Å². The molecule has 0 bridgehead atoms. The first-order chi connectivity index (χ1) is 12.9. The third kappa shape index (κ3) is 4.70. The van der Waals surface area contributed by atoms with Crippen LogP contribution in [0.4, 0.5) is 0 Å². The molecule has 8 heteroatoms. The lowest BCUT2D eigenvalue weighted by molar-refractivity contribution is -0.152. The van der Waals surface area contributed by atoms with Gasteiger partial charge in [-0.05, 0) is 24.5 Å². The second kappa shape index (κ2) is 8.94. The van der Waals surface area contributed by atoms with Gasteiger partial charge in [-0.25, -0.2) is 4.79 Å². The Kier molecular flexibility index (Phi) is 6.66. The predicted molar refractivity (Wildman–Crippen MR) is 94.4 cm³/mol. The number of nitrogens with one attached hydrogen (secondary N) is 1. The molecule has 0 unspecified atom stereocenters. The molecule has 0 saturated heterocycles. The Hall–Kier alpha value is -3.21. The third-order valence-corrected chi connectivity index (χ3v) is 4.01. The van der Waals surface area contributed by atoms with Crippen molar-refractivity contribution in [2.45, 2.75) is 32.7 Å². The molecule has 0 saturated carbocycles. The minimum atomic E-state index is -1.11. The first-order valence-electron chi connectivity index (χ1n) is 8.64. The second-order valence-corrected chi connectivity index (χ2v) is 6.54. The van der Waals surface area contributed by atoms with Crippen LogP contribution in [0.25, 0.3) is 0 Å². The quantitative estimate of drug-likeness (QED) is 0.418. The maximum Gasteiger partial charge on any atom is 0.329 e. The van der Waals surface area contributed by atoms with Gasteiger partial charge in [-0.15, -0.1) is 0 Å². The van der Waals surface area contributed by atoms with Crippen LogP contribution in [-0.2, 0) is 14.3 Å². The number of carbonyl (C=O) groups excluding carboxylic acids is 4. The fraction of sp³-hybridized carbons (Fsp3) is 0.421. The first-order valence-corrected chi connectivity index (χ1v) is 8.64. The number of carbonyl (C=O) groups is 4. The van der Waals surface area contributed by atoms with Crippen molar-refractivity contribution >= 4 is 23.7 Å². The van der Waals surface area contributed by atoms with E-state index in [4.69, 9.17) is 10.00 Å². The van der Waals surface area contributed by atoms with Crippen LogP contribution in [0.1, 0.15) is 47.4 Å². The maximum atomic E-state index is 12.6. The van der Waals surface area contributed by atoms with Crippen molar-refractivity contribution in [3.8, 4) is 6.07 Å². The summed E-state index contributed by atoms with van der Waals surface area (Å²) in [5, 5.41) is 10.9. The lowest BCUT2D eigenvalue weighted by Gasteiger charge is -2.25. The third-order valence-electron chi connectivity index (χ3n) is 4.01. The molecule has 142 valence electrons. The zero-order valence-corrected chi connectivity index (χ0v) is 15.2. The van der Waals surface area contributed by atoms with E-state index in [0.29, 0.717) is 0 Å². The zero-order chi connectivity index (χ0) is 20.0. The van der Waals surface area contributed by atoms with Crippen LogP contribution in [0.2, 0.25) is 0 Å². The number of nitriles is 1. The van der Waals surface area contributed by atoms with Gasteiger partial charge < -0.3 is 10.1 Å². The summed E-state index contributed by atoms with van der Waals surface area (Å²) in [7, 11) is 0. The molecule has 1 heterocycles. The Morgan fingerprint density at radius 2 is 1.78 bits per heavy atom. The number of hydrogen-bond acceptors (Lipinski definition) is 6. The average molecular weight is 371 g/mol. The van der Waals surface area contributed by atoms with Gasteiger partial charge in [0.15, 0.2) is 6.61 Å². The molecule has 1 aliphatic heterocycles. The van der Waals surface area contributed by atoms with Crippen molar-refractivity contribution in [3.63, 3.8) is 0 Å². The minimum absolute atomic E-state index is 0.0105. The Labute approximate surface area is 157 Å². The average Bonchev–Trinajstić information content (AvgIpc) is 2.89. The number of hydrogen-bond donors (Lipinski definition) is 1. The summed E-state index contributed by atoms with van der Waals surface area (Å²) in [4.78, 5) is 50.4. The van der Waals surface area contributed by atoms with Gasteiger partial charge in [0, 0.05) is 6.54 Å². The maximum absolute atomic E-state index is 12.6. The summed E-state index contributed by atoms with van der Waals surface area (Å²) >= 11 is 0. The number of esters is 1. The molecule has 1 aromatic rings. The van der Waals surface area contributed by atoms with Crippen molar-refractivity contribution in [3.05, 3.63) is 35.4 Å². The van der Waals surface area contributed by atoms with E-state index in [9.17, 15) is 19.2 Å². The number of amides is 3. The van der Waals surface area contributed by atoms with E-state index in [1.54, 1.807) is 12.1 Å². The van der Waals surface area contributed by atoms with Gasteiger partial charge in [0.05, 0.1) is 23.6 Å². The minimum Gasteiger partial charge on any atom is -0.454 e. The van der Waals surface area contributed by atoms with Gasteiger partial charge in [-0.1, -0.05) is 26.0 Å². The smallest absolute Gasteiger partial charge is 0.329 e. The molecular formula is C19H21N3O5.